The third kappa shape index (κ3) is 8.69. The van der Waals surface area contributed by atoms with Crippen molar-refractivity contribution >= 4 is 50.8 Å². The molecule has 3 aliphatic carbocycles. The van der Waals surface area contributed by atoms with Crippen molar-refractivity contribution in [2.75, 3.05) is 13.2 Å². The topological polar surface area (TPSA) is 173 Å². The van der Waals surface area contributed by atoms with E-state index in [0.717, 1.165) is 67.8 Å². The van der Waals surface area contributed by atoms with Crippen molar-refractivity contribution < 1.29 is 37.1 Å². The van der Waals surface area contributed by atoms with Gasteiger partial charge >= 0.3 is 6.09 Å². The van der Waals surface area contributed by atoms with Gasteiger partial charge in [-0.25, -0.2) is 18.2 Å². The van der Waals surface area contributed by atoms with Crippen LogP contribution in [0.15, 0.2) is 49.1 Å². The number of nitrogens with zero attached hydrogens (tertiary/aromatic N) is 2. The summed E-state index contributed by atoms with van der Waals surface area (Å²) in [4.78, 5) is 62.6. The molecule has 0 spiro atoms. The zero-order valence-corrected chi connectivity index (χ0v) is 32.6. The number of alkyl carbamates (subject to hydrolysis) is 1. The first-order valence-corrected chi connectivity index (χ1v) is 21.3. The van der Waals surface area contributed by atoms with Crippen molar-refractivity contribution in [2.24, 2.45) is 17.3 Å². The number of benzene rings is 1. The average molecular weight is 776 g/mol. The Morgan fingerprint density at radius 3 is 2.56 bits per heavy atom. The van der Waals surface area contributed by atoms with E-state index in [2.05, 4.69) is 28.0 Å². The zero-order chi connectivity index (χ0) is 39.0. The number of cyclic esters (lactones) is 1. The quantitative estimate of drug-likeness (QED) is 0.322. The largest absolute Gasteiger partial charge is 0.472 e. The highest BCUT2D eigenvalue weighted by Crippen LogP contribution is 2.45. The molecule has 55 heavy (non-hydrogen) atoms. The number of para-hydroxylation sites is 1. The SMILES string of the molecule is C=C[C@@H]1C[C@]1(NC(=O)[C@@H]1C[C@@H]2CN1C(=O)[C@H](C1CCCCC1)NC(=O)OCC(C)(C)CCCC=Cc1cc3ccccc3nc1O2)C(=O)NS(=O)(=O)C1CC1. The number of fused-ring (bicyclic) bond motifs is 4. The molecule has 1 saturated heterocycles. The predicted molar refractivity (Wildman–Crippen MR) is 207 cm³/mol. The van der Waals surface area contributed by atoms with Crippen LogP contribution in [0.3, 0.4) is 0 Å². The van der Waals surface area contributed by atoms with Crippen LogP contribution in [0.2, 0.25) is 0 Å². The fourth-order valence-electron chi connectivity index (χ4n) is 8.32. The minimum atomic E-state index is -3.89. The maximum absolute atomic E-state index is 14.8. The number of hydrogen-bond donors (Lipinski definition) is 3. The molecule has 5 aliphatic rings. The fraction of sp³-hybridized carbons (Fsp3) is 0.585. The number of rotatable bonds is 7. The molecule has 1 aromatic heterocycles. The predicted octanol–water partition coefficient (Wildman–Crippen LogP) is 5.15. The van der Waals surface area contributed by atoms with Gasteiger partial charge in [0.1, 0.15) is 23.7 Å². The summed E-state index contributed by atoms with van der Waals surface area (Å²) in [5.41, 5.74) is -0.342. The molecular formula is C41H53N5O8S. The second kappa shape index (κ2) is 15.6. The Morgan fingerprint density at radius 1 is 1.07 bits per heavy atom. The van der Waals surface area contributed by atoms with Crippen LogP contribution in [-0.4, -0.2) is 84.2 Å². The highest BCUT2D eigenvalue weighted by Gasteiger charge is 2.62. The Labute approximate surface area is 323 Å². The Balaban J connectivity index is 1.23. The van der Waals surface area contributed by atoms with E-state index < -0.39 is 68.7 Å². The van der Waals surface area contributed by atoms with Gasteiger partial charge < -0.3 is 25.0 Å². The highest BCUT2D eigenvalue weighted by atomic mass is 32.2. The van der Waals surface area contributed by atoms with E-state index in [9.17, 15) is 27.6 Å². The lowest BCUT2D eigenvalue weighted by Gasteiger charge is -2.35. The normalized spacial score (nSPS) is 29.1. The number of hydrogen-bond acceptors (Lipinski definition) is 9. The third-order valence-corrected chi connectivity index (χ3v) is 13.7. The molecule has 2 aliphatic heterocycles. The van der Waals surface area contributed by atoms with Gasteiger partial charge in [0.15, 0.2) is 0 Å². The number of sulfonamides is 1. The minimum Gasteiger partial charge on any atom is -0.472 e. The summed E-state index contributed by atoms with van der Waals surface area (Å²) in [6, 6.07) is 7.69. The van der Waals surface area contributed by atoms with Crippen molar-refractivity contribution in [3.63, 3.8) is 0 Å². The maximum Gasteiger partial charge on any atom is 0.407 e. The third-order valence-electron chi connectivity index (χ3n) is 11.9. The van der Waals surface area contributed by atoms with Gasteiger partial charge in [-0.15, -0.1) is 6.58 Å². The van der Waals surface area contributed by atoms with Crippen molar-refractivity contribution in [3.05, 3.63) is 54.6 Å². The van der Waals surface area contributed by atoms with Crippen molar-refractivity contribution in [2.45, 2.75) is 120 Å². The fourth-order valence-corrected chi connectivity index (χ4v) is 9.68. The van der Waals surface area contributed by atoms with Gasteiger partial charge in [0.2, 0.25) is 27.7 Å². The van der Waals surface area contributed by atoms with Gasteiger partial charge in [-0.2, -0.15) is 0 Å². The first-order valence-electron chi connectivity index (χ1n) is 19.8. The van der Waals surface area contributed by atoms with Crippen molar-refractivity contribution in [3.8, 4) is 5.88 Å². The Kier molecular flexibility index (Phi) is 11.0. The number of amides is 4. The van der Waals surface area contributed by atoms with Gasteiger partial charge in [-0.05, 0) is 74.8 Å². The van der Waals surface area contributed by atoms with Gasteiger partial charge in [0.25, 0.3) is 5.91 Å². The van der Waals surface area contributed by atoms with Crippen LogP contribution in [0.5, 0.6) is 5.88 Å². The molecule has 2 bridgehead atoms. The summed E-state index contributed by atoms with van der Waals surface area (Å²) in [5.74, 6) is -2.18. The number of ether oxygens (including phenoxy) is 2. The lowest BCUT2D eigenvalue weighted by molar-refractivity contribution is -0.142. The molecule has 5 atom stereocenters. The molecule has 0 radical (unpaired) electrons. The Morgan fingerprint density at radius 2 is 1.84 bits per heavy atom. The van der Waals surface area contributed by atoms with Crippen LogP contribution in [-0.2, 0) is 29.1 Å². The second-order valence-electron chi connectivity index (χ2n) is 16.8. The van der Waals surface area contributed by atoms with Crippen LogP contribution in [0.4, 0.5) is 4.79 Å². The zero-order valence-electron chi connectivity index (χ0n) is 31.8. The van der Waals surface area contributed by atoms with Gasteiger partial charge in [-0.1, -0.05) is 69.5 Å². The van der Waals surface area contributed by atoms with Crippen LogP contribution in [0, 0.1) is 17.3 Å². The lowest BCUT2D eigenvalue weighted by Crippen LogP contribution is -2.59. The van der Waals surface area contributed by atoms with Crippen molar-refractivity contribution in [1.29, 1.82) is 0 Å². The van der Waals surface area contributed by atoms with Crippen LogP contribution >= 0.6 is 0 Å². The van der Waals surface area contributed by atoms with E-state index in [1.807, 2.05) is 50.3 Å². The van der Waals surface area contributed by atoms with E-state index in [1.165, 1.54) is 11.0 Å². The van der Waals surface area contributed by atoms with E-state index in [4.69, 9.17) is 14.5 Å². The number of allylic oxidation sites excluding steroid dienone is 1. The van der Waals surface area contributed by atoms with Gasteiger partial charge in [-0.3, -0.25) is 19.1 Å². The summed E-state index contributed by atoms with van der Waals surface area (Å²) in [6.45, 7) is 8.09. The number of nitrogens with one attached hydrogen (secondary N) is 3. The number of pyridine rings is 1. The standard InChI is InChI=1S/C41H53N5O8S/c1-4-29-23-41(29,38(49)45-55(51,52)31-18-19-31)44-35(47)33-22-30-24-46(33)37(48)34(26-13-7-5-8-14-26)43-39(50)53-25-40(2,3)20-12-6-9-16-28-21-27-15-10-11-17-32(27)42-36(28)54-30/h4,9-11,15-17,21,26,29-31,33-34H,1,5-8,12-14,18-20,22-25H2,2-3H3,(H,43,50)(H,44,47)(H,45,49)/t29-,30-,33+,34+,41-/m1/s1. The Hall–Kier alpha value is -4.46. The molecule has 3 N–H and O–H groups in total. The number of carbonyl (C=O) groups excluding carboxylic acids is 4. The second-order valence-corrected chi connectivity index (χ2v) is 18.8. The molecule has 7 rings (SSSR count). The first kappa shape index (κ1) is 38.8. The van der Waals surface area contributed by atoms with Crippen LogP contribution in [0.1, 0.15) is 96.5 Å². The summed E-state index contributed by atoms with van der Waals surface area (Å²) in [5, 5.41) is 6.06. The average Bonchev–Trinajstić information content (AvgIpc) is 4.09. The smallest absolute Gasteiger partial charge is 0.407 e. The minimum absolute atomic E-state index is 0.0156. The molecular weight excluding hydrogens is 723 g/mol. The summed E-state index contributed by atoms with van der Waals surface area (Å²) >= 11 is 0. The van der Waals surface area contributed by atoms with Crippen LogP contribution < -0.4 is 20.1 Å². The molecule has 13 nitrogen and oxygen atoms in total. The molecule has 4 amide bonds. The molecule has 0 unspecified atom stereocenters. The van der Waals surface area contributed by atoms with E-state index >= 15 is 0 Å². The van der Waals surface area contributed by atoms with E-state index in [0.29, 0.717) is 18.7 Å². The molecule has 2 aromatic rings. The molecule has 3 heterocycles. The molecule has 1 aromatic carbocycles. The summed E-state index contributed by atoms with van der Waals surface area (Å²) in [6.07, 6.45) is 12.1. The van der Waals surface area contributed by atoms with Gasteiger partial charge in [0, 0.05) is 23.3 Å². The monoisotopic (exact) mass is 775 g/mol. The van der Waals surface area contributed by atoms with Gasteiger partial charge in [0.05, 0.1) is 23.9 Å². The summed E-state index contributed by atoms with van der Waals surface area (Å²) < 4.78 is 40.1. The highest BCUT2D eigenvalue weighted by molar-refractivity contribution is 7.91. The number of aromatic nitrogens is 1. The molecule has 4 fully saturated rings. The van der Waals surface area contributed by atoms with Crippen LogP contribution in [0.25, 0.3) is 17.0 Å². The lowest BCUT2D eigenvalue weighted by atomic mass is 9.83. The van der Waals surface area contributed by atoms with Crippen molar-refractivity contribution in [1.82, 2.24) is 25.2 Å². The Bertz CT molecular complexity index is 1970. The maximum atomic E-state index is 14.8. The van der Waals surface area contributed by atoms with E-state index in [-0.39, 0.29) is 37.3 Å². The molecule has 14 heteroatoms. The first-order chi connectivity index (χ1) is 26.3. The van der Waals surface area contributed by atoms with E-state index in [1.54, 1.807) is 0 Å². The summed E-state index contributed by atoms with van der Waals surface area (Å²) in [7, 11) is -3.89. The molecule has 3 saturated carbocycles. The number of carbonyl (C=O) groups is 4. The molecule has 296 valence electrons.